The summed E-state index contributed by atoms with van der Waals surface area (Å²) in [6, 6.07) is 5.53. The fraction of sp³-hybridized carbons (Fsp3) is 0.526. The zero-order valence-electron chi connectivity index (χ0n) is 14.3. The monoisotopic (exact) mass is 326 g/mol. The highest BCUT2D eigenvalue weighted by molar-refractivity contribution is 6.06. The third-order valence-corrected chi connectivity index (χ3v) is 5.54. The zero-order chi connectivity index (χ0) is 17.3. The van der Waals surface area contributed by atoms with Crippen molar-refractivity contribution < 1.29 is 14.4 Å². The molecule has 3 aliphatic rings. The number of amides is 3. The van der Waals surface area contributed by atoms with Crippen LogP contribution in [0, 0.1) is 0 Å². The second kappa shape index (κ2) is 4.68. The molecule has 1 aliphatic carbocycles. The average Bonchev–Trinajstić information content (AvgIpc) is 3.25. The number of carbonyl (C=O) groups is 3. The Bertz CT molecular complexity index is 771. The predicted octanol–water partition coefficient (Wildman–Crippen LogP) is 2.23. The van der Waals surface area contributed by atoms with Crippen molar-refractivity contribution in [3.05, 3.63) is 34.9 Å². The van der Waals surface area contributed by atoms with Gasteiger partial charge in [-0.25, -0.2) is 0 Å². The molecule has 126 valence electrons. The van der Waals surface area contributed by atoms with Crippen molar-refractivity contribution in [2.45, 2.75) is 63.5 Å². The number of piperidine rings is 1. The van der Waals surface area contributed by atoms with Crippen LogP contribution in [0.5, 0.6) is 0 Å². The minimum Gasteiger partial charge on any atom is -0.317 e. The summed E-state index contributed by atoms with van der Waals surface area (Å²) in [4.78, 5) is 38.5. The number of nitrogens with one attached hydrogen (secondary N) is 1. The average molecular weight is 326 g/mol. The first kappa shape index (κ1) is 15.4. The lowest BCUT2D eigenvalue weighted by molar-refractivity contribution is -0.137. The Kier molecular flexibility index (Phi) is 3.00. The molecule has 2 fully saturated rings. The van der Waals surface area contributed by atoms with E-state index in [1.807, 2.05) is 12.1 Å². The molecule has 1 atom stereocenters. The fourth-order valence-electron chi connectivity index (χ4n) is 4.03. The van der Waals surface area contributed by atoms with Gasteiger partial charge in [0.25, 0.3) is 5.91 Å². The fourth-order valence-corrected chi connectivity index (χ4v) is 4.03. The molecular weight excluding hydrogens is 304 g/mol. The van der Waals surface area contributed by atoms with E-state index in [1.54, 1.807) is 4.90 Å². The van der Waals surface area contributed by atoms with Crippen molar-refractivity contribution in [1.29, 1.82) is 0 Å². The maximum Gasteiger partial charge on any atom is 0.255 e. The third kappa shape index (κ3) is 2.03. The van der Waals surface area contributed by atoms with Gasteiger partial charge >= 0.3 is 0 Å². The Morgan fingerprint density at radius 3 is 2.46 bits per heavy atom. The molecule has 0 bridgehead atoms. The molecule has 2 heterocycles. The summed E-state index contributed by atoms with van der Waals surface area (Å²) < 4.78 is 0. The van der Waals surface area contributed by atoms with Gasteiger partial charge < -0.3 is 4.90 Å². The van der Waals surface area contributed by atoms with Gasteiger partial charge in [-0.15, -0.1) is 0 Å². The van der Waals surface area contributed by atoms with Crippen molar-refractivity contribution >= 4 is 17.7 Å². The summed E-state index contributed by atoms with van der Waals surface area (Å²) in [7, 11) is 0. The van der Waals surface area contributed by atoms with Crippen LogP contribution in [0.25, 0.3) is 0 Å². The molecule has 3 amide bonds. The summed E-state index contributed by atoms with van der Waals surface area (Å²) in [5.41, 5.74) is 2.65. The highest BCUT2D eigenvalue weighted by atomic mass is 16.2. The van der Waals surface area contributed by atoms with Crippen LogP contribution in [0.3, 0.4) is 0 Å². The second-order valence-corrected chi connectivity index (χ2v) is 8.18. The normalized spacial score (nSPS) is 25.0. The first-order valence-corrected chi connectivity index (χ1v) is 8.56. The van der Waals surface area contributed by atoms with E-state index in [9.17, 15) is 14.4 Å². The van der Waals surface area contributed by atoms with Crippen LogP contribution < -0.4 is 5.32 Å². The molecule has 0 radical (unpaired) electrons. The van der Waals surface area contributed by atoms with Gasteiger partial charge in [-0.05, 0) is 41.9 Å². The van der Waals surface area contributed by atoms with Gasteiger partial charge in [0.15, 0.2) is 0 Å². The summed E-state index contributed by atoms with van der Waals surface area (Å²) in [5, 5.41) is 2.38. The maximum atomic E-state index is 13.0. The Morgan fingerprint density at radius 2 is 1.88 bits per heavy atom. The zero-order valence-corrected chi connectivity index (χ0v) is 14.3. The third-order valence-electron chi connectivity index (χ3n) is 5.54. The van der Waals surface area contributed by atoms with Crippen molar-refractivity contribution in [2.75, 3.05) is 0 Å². The molecule has 24 heavy (non-hydrogen) atoms. The van der Waals surface area contributed by atoms with Crippen molar-refractivity contribution in [1.82, 2.24) is 10.2 Å². The van der Waals surface area contributed by atoms with Crippen LogP contribution in [0.2, 0.25) is 0 Å². The van der Waals surface area contributed by atoms with Crippen LogP contribution in [0.4, 0.5) is 0 Å². The number of rotatable bonds is 1. The van der Waals surface area contributed by atoms with Gasteiger partial charge in [0.1, 0.15) is 6.04 Å². The molecular formula is C19H22N2O3. The summed E-state index contributed by atoms with van der Waals surface area (Å²) in [6.07, 6.45) is 2.48. The van der Waals surface area contributed by atoms with Crippen LogP contribution >= 0.6 is 0 Å². The topological polar surface area (TPSA) is 66.5 Å². The Hall–Kier alpha value is -2.17. The molecule has 2 aliphatic heterocycles. The van der Waals surface area contributed by atoms with Gasteiger partial charge in [0.05, 0.1) is 5.54 Å². The molecule has 0 aromatic heterocycles. The summed E-state index contributed by atoms with van der Waals surface area (Å²) in [5.74, 6) is -0.660. The van der Waals surface area contributed by atoms with Gasteiger partial charge in [0, 0.05) is 12.0 Å². The Balaban J connectivity index is 1.76. The molecule has 5 nitrogen and oxygen atoms in total. The minimum absolute atomic E-state index is 0.0101. The number of benzene rings is 1. The van der Waals surface area contributed by atoms with E-state index in [0.29, 0.717) is 18.4 Å². The first-order chi connectivity index (χ1) is 11.2. The SMILES string of the molecule is CC(C)(C)c1ccc2c(c1)C1(CC1)N([C@H]1CCC(=O)NC1=O)C2=O. The van der Waals surface area contributed by atoms with E-state index in [0.717, 1.165) is 18.4 Å². The van der Waals surface area contributed by atoms with Gasteiger partial charge in [-0.1, -0.05) is 32.9 Å². The molecule has 1 spiro atoms. The van der Waals surface area contributed by atoms with Gasteiger partial charge in [-0.2, -0.15) is 0 Å². The lowest BCUT2D eigenvalue weighted by Gasteiger charge is -2.34. The Labute approximate surface area is 141 Å². The highest BCUT2D eigenvalue weighted by Gasteiger charge is 2.61. The number of hydrogen-bond donors (Lipinski definition) is 1. The first-order valence-electron chi connectivity index (χ1n) is 8.56. The number of imide groups is 1. The standard InChI is InChI=1S/C19H22N2O3/c1-18(2,3)11-4-5-12-13(10-11)19(8-9-19)21(17(12)24)14-6-7-15(22)20-16(14)23/h4-5,10,14H,6-9H2,1-3H3,(H,20,22,23)/t14-/m0/s1. The van der Waals surface area contributed by atoms with Crippen LogP contribution in [0.15, 0.2) is 18.2 Å². The number of fused-ring (bicyclic) bond motifs is 2. The molecule has 1 aromatic carbocycles. The molecule has 1 saturated heterocycles. The molecule has 1 aromatic rings. The summed E-state index contributed by atoms with van der Waals surface area (Å²) in [6.45, 7) is 6.47. The lowest BCUT2D eigenvalue weighted by Crippen LogP contribution is -2.55. The van der Waals surface area contributed by atoms with Crippen LogP contribution in [0.1, 0.15) is 67.9 Å². The molecule has 1 N–H and O–H groups in total. The lowest BCUT2D eigenvalue weighted by atomic mass is 9.84. The van der Waals surface area contributed by atoms with Crippen LogP contribution in [-0.4, -0.2) is 28.7 Å². The van der Waals surface area contributed by atoms with Gasteiger partial charge in [0.2, 0.25) is 11.8 Å². The van der Waals surface area contributed by atoms with E-state index in [2.05, 4.69) is 32.2 Å². The van der Waals surface area contributed by atoms with E-state index in [-0.39, 0.29) is 28.7 Å². The number of carbonyl (C=O) groups excluding carboxylic acids is 3. The minimum atomic E-state index is -0.539. The van der Waals surface area contributed by atoms with Crippen molar-refractivity contribution in [3.8, 4) is 0 Å². The van der Waals surface area contributed by atoms with Crippen molar-refractivity contribution in [2.24, 2.45) is 0 Å². The quantitative estimate of drug-likeness (QED) is 0.805. The molecule has 4 rings (SSSR count). The molecule has 1 saturated carbocycles. The maximum absolute atomic E-state index is 13.0. The highest BCUT2D eigenvalue weighted by Crippen LogP contribution is 2.58. The van der Waals surface area contributed by atoms with Gasteiger partial charge in [-0.3, -0.25) is 19.7 Å². The Morgan fingerprint density at radius 1 is 1.17 bits per heavy atom. The van der Waals surface area contributed by atoms with E-state index in [1.165, 1.54) is 5.56 Å². The number of nitrogens with zero attached hydrogens (tertiary/aromatic N) is 1. The molecule has 5 heteroatoms. The second-order valence-electron chi connectivity index (χ2n) is 8.18. The largest absolute Gasteiger partial charge is 0.317 e. The number of hydrogen-bond acceptors (Lipinski definition) is 3. The van der Waals surface area contributed by atoms with E-state index < -0.39 is 6.04 Å². The van der Waals surface area contributed by atoms with E-state index >= 15 is 0 Å². The molecule has 0 unspecified atom stereocenters. The predicted molar refractivity (Wildman–Crippen MR) is 88.4 cm³/mol. The summed E-state index contributed by atoms with van der Waals surface area (Å²) >= 11 is 0. The van der Waals surface area contributed by atoms with Crippen LogP contribution in [-0.2, 0) is 20.5 Å². The van der Waals surface area contributed by atoms with E-state index in [4.69, 9.17) is 0 Å². The smallest absolute Gasteiger partial charge is 0.255 e. The van der Waals surface area contributed by atoms with Crippen molar-refractivity contribution in [3.63, 3.8) is 0 Å².